The van der Waals surface area contributed by atoms with Crippen LogP contribution in [0, 0.1) is 6.92 Å². The second-order valence-electron chi connectivity index (χ2n) is 8.45. The SMILES string of the molecule is CSCC(C)(C)N(C(=O)c1ccccc1C(N)=O)c1ccc(C(F)(C(F)(F)F)C(F)(F)F)cc1C. The molecule has 2 aromatic carbocycles. The Kier molecular flexibility index (Phi) is 7.90. The second-order valence-corrected chi connectivity index (χ2v) is 9.32. The van der Waals surface area contributed by atoms with Gasteiger partial charge in [0.15, 0.2) is 0 Å². The first-order chi connectivity index (χ1) is 15.9. The van der Waals surface area contributed by atoms with Crippen molar-refractivity contribution in [2.24, 2.45) is 5.73 Å². The van der Waals surface area contributed by atoms with Crippen LogP contribution in [-0.4, -0.2) is 41.7 Å². The van der Waals surface area contributed by atoms with E-state index in [-0.39, 0.29) is 22.4 Å². The molecule has 0 radical (unpaired) electrons. The van der Waals surface area contributed by atoms with Crippen LogP contribution in [0.5, 0.6) is 0 Å². The number of thioether (sulfide) groups is 1. The fraction of sp³-hybridized carbons (Fsp3) is 0.391. The third-order valence-corrected chi connectivity index (χ3v) is 6.34. The molecule has 0 aliphatic heterocycles. The van der Waals surface area contributed by atoms with E-state index in [1.165, 1.54) is 43.0 Å². The molecule has 0 aromatic heterocycles. The fourth-order valence-electron chi connectivity index (χ4n) is 3.74. The Morgan fingerprint density at radius 2 is 1.43 bits per heavy atom. The molecule has 0 spiro atoms. The highest BCUT2D eigenvalue weighted by Gasteiger charge is 2.73. The minimum atomic E-state index is -6.27. The average molecular weight is 525 g/mol. The number of halogens is 7. The molecule has 192 valence electrons. The normalized spacial score (nSPS) is 13.0. The van der Waals surface area contributed by atoms with Gasteiger partial charge in [-0.3, -0.25) is 9.59 Å². The standard InChI is InChI=1S/C23H23F7N2O2S/c1-13-11-14(21(24,22(25,26)27)23(28,29)30)9-10-17(13)32(20(2,3)12-35-4)19(34)16-8-6-5-7-15(16)18(31)33/h5-11H,12H2,1-4H3,(H2,31,33). The molecule has 12 heteroatoms. The number of amides is 2. The number of alkyl halides is 7. The minimum Gasteiger partial charge on any atom is -0.366 e. The molecular formula is C23H23F7N2O2S. The number of aryl methyl sites for hydroxylation is 1. The highest BCUT2D eigenvalue weighted by Crippen LogP contribution is 2.53. The van der Waals surface area contributed by atoms with Gasteiger partial charge in [0.1, 0.15) is 0 Å². The van der Waals surface area contributed by atoms with E-state index in [0.717, 1.165) is 11.0 Å². The lowest BCUT2D eigenvalue weighted by Crippen LogP contribution is -2.51. The molecule has 2 aromatic rings. The molecule has 0 aliphatic rings. The van der Waals surface area contributed by atoms with E-state index >= 15 is 0 Å². The first kappa shape index (κ1) is 28.5. The lowest BCUT2D eigenvalue weighted by Gasteiger charge is -2.40. The summed E-state index contributed by atoms with van der Waals surface area (Å²) in [7, 11) is 0. The van der Waals surface area contributed by atoms with E-state index in [1.54, 1.807) is 20.1 Å². The number of anilines is 1. The summed E-state index contributed by atoms with van der Waals surface area (Å²) in [6.07, 6.45) is -10.8. The number of carbonyl (C=O) groups excluding carboxylic acids is 2. The maximum Gasteiger partial charge on any atom is 0.435 e. The molecule has 0 saturated heterocycles. The third-order valence-electron chi connectivity index (χ3n) is 5.35. The van der Waals surface area contributed by atoms with Gasteiger partial charge in [0.25, 0.3) is 5.91 Å². The predicted molar refractivity (Wildman–Crippen MR) is 120 cm³/mol. The lowest BCUT2D eigenvalue weighted by molar-refractivity contribution is -0.348. The van der Waals surface area contributed by atoms with Gasteiger partial charge in [0, 0.05) is 17.0 Å². The molecule has 0 atom stereocenters. The van der Waals surface area contributed by atoms with E-state index in [9.17, 15) is 40.3 Å². The molecule has 4 nitrogen and oxygen atoms in total. The molecule has 35 heavy (non-hydrogen) atoms. The summed E-state index contributed by atoms with van der Waals surface area (Å²) in [5.74, 6) is -1.36. The van der Waals surface area contributed by atoms with Gasteiger partial charge in [-0.2, -0.15) is 38.1 Å². The summed E-state index contributed by atoms with van der Waals surface area (Å²) in [4.78, 5) is 26.6. The Morgan fingerprint density at radius 3 is 1.86 bits per heavy atom. The first-order valence-electron chi connectivity index (χ1n) is 10.1. The quantitative estimate of drug-likeness (QED) is 0.441. The molecular weight excluding hydrogens is 501 g/mol. The van der Waals surface area contributed by atoms with E-state index < -0.39 is 40.9 Å². The van der Waals surface area contributed by atoms with Crippen LogP contribution in [-0.2, 0) is 5.67 Å². The van der Waals surface area contributed by atoms with Crippen molar-refractivity contribution < 1.29 is 40.3 Å². The van der Waals surface area contributed by atoms with E-state index in [1.807, 2.05) is 0 Å². The Morgan fingerprint density at radius 1 is 0.914 bits per heavy atom. The van der Waals surface area contributed by atoms with Crippen molar-refractivity contribution in [2.45, 2.75) is 44.3 Å². The van der Waals surface area contributed by atoms with Crippen molar-refractivity contribution in [3.8, 4) is 0 Å². The van der Waals surface area contributed by atoms with Crippen LogP contribution < -0.4 is 10.6 Å². The summed E-state index contributed by atoms with van der Waals surface area (Å²) in [5.41, 5.74) is -3.42. The number of rotatable bonds is 7. The Bertz CT molecular complexity index is 1100. The van der Waals surface area contributed by atoms with Gasteiger partial charge in [0.05, 0.1) is 16.7 Å². The maximum absolute atomic E-state index is 14.6. The van der Waals surface area contributed by atoms with E-state index in [4.69, 9.17) is 5.73 Å². The number of benzene rings is 2. The molecule has 2 N–H and O–H groups in total. The van der Waals surface area contributed by atoms with Gasteiger partial charge in [0.2, 0.25) is 5.91 Å². The van der Waals surface area contributed by atoms with Crippen molar-refractivity contribution in [3.05, 3.63) is 64.7 Å². The molecule has 2 amide bonds. The maximum atomic E-state index is 14.6. The molecule has 0 fully saturated rings. The number of hydrogen-bond donors (Lipinski definition) is 1. The Hall–Kier alpha value is -2.76. The van der Waals surface area contributed by atoms with Crippen LogP contribution in [0.4, 0.5) is 36.4 Å². The van der Waals surface area contributed by atoms with Crippen LogP contribution in [0.2, 0.25) is 0 Å². The average Bonchev–Trinajstić information content (AvgIpc) is 2.72. The first-order valence-corrected chi connectivity index (χ1v) is 11.5. The zero-order chi connectivity index (χ0) is 27.0. The molecule has 0 unspecified atom stereocenters. The summed E-state index contributed by atoms with van der Waals surface area (Å²) in [5, 5.41) is 0. The zero-order valence-corrected chi connectivity index (χ0v) is 20.0. The van der Waals surface area contributed by atoms with Crippen molar-refractivity contribution in [3.63, 3.8) is 0 Å². The minimum absolute atomic E-state index is 0.0521. The third kappa shape index (κ3) is 5.26. The lowest BCUT2D eigenvalue weighted by atomic mass is 9.91. The van der Waals surface area contributed by atoms with Gasteiger partial charge >= 0.3 is 18.0 Å². The number of hydrogen-bond acceptors (Lipinski definition) is 3. The van der Waals surface area contributed by atoms with Crippen LogP contribution in [0.3, 0.4) is 0 Å². The van der Waals surface area contributed by atoms with Gasteiger partial charge < -0.3 is 10.6 Å². The van der Waals surface area contributed by atoms with E-state index in [2.05, 4.69) is 0 Å². The molecule has 0 bridgehead atoms. The summed E-state index contributed by atoms with van der Waals surface area (Å²) in [6, 6.07) is 7.21. The van der Waals surface area contributed by atoms with Crippen LogP contribution in [0.1, 0.15) is 45.7 Å². The fourth-order valence-corrected chi connectivity index (χ4v) is 4.58. The van der Waals surface area contributed by atoms with Crippen LogP contribution in [0.15, 0.2) is 42.5 Å². The van der Waals surface area contributed by atoms with E-state index in [0.29, 0.717) is 17.9 Å². The van der Waals surface area contributed by atoms with Crippen molar-refractivity contribution in [2.75, 3.05) is 16.9 Å². The predicted octanol–water partition coefficient (Wildman–Crippen LogP) is 6.17. The molecule has 0 saturated carbocycles. The summed E-state index contributed by atoms with van der Waals surface area (Å²) >= 11 is 1.33. The number of nitrogens with two attached hydrogens (primary N) is 1. The number of primary amides is 1. The van der Waals surface area contributed by atoms with Crippen molar-refractivity contribution in [1.29, 1.82) is 0 Å². The van der Waals surface area contributed by atoms with Crippen molar-refractivity contribution >= 4 is 29.3 Å². The summed E-state index contributed by atoms with van der Waals surface area (Å²) < 4.78 is 94.0. The smallest absolute Gasteiger partial charge is 0.366 e. The van der Waals surface area contributed by atoms with Gasteiger partial charge in [-0.05, 0) is 50.8 Å². The highest BCUT2D eigenvalue weighted by atomic mass is 32.2. The summed E-state index contributed by atoms with van der Waals surface area (Å²) in [6.45, 7) is 4.43. The van der Waals surface area contributed by atoms with Gasteiger partial charge in [-0.1, -0.05) is 24.3 Å². The Balaban J connectivity index is 2.77. The molecule has 0 heterocycles. The number of carbonyl (C=O) groups is 2. The molecule has 0 aliphatic carbocycles. The largest absolute Gasteiger partial charge is 0.435 e. The topological polar surface area (TPSA) is 63.4 Å². The zero-order valence-electron chi connectivity index (χ0n) is 19.1. The number of nitrogens with zero attached hydrogens (tertiary/aromatic N) is 1. The second kappa shape index (κ2) is 9.71. The molecule has 2 rings (SSSR count). The Labute approximate surface area is 201 Å². The van der Waals surface area contributed by atoms with Gasteiger partial charge in [-0.25, -0.2) is 4.39 Å². The van der Waals surface area contributed by atoms with Crippen molar-refractivity contribution in [1.82, 2.24) is 0 Å². The highest BCUT2D eigenvalue weighted by molar-refractivity contribution is 7.98. The van der Waals surface area contributed by atoms with Gasteiger partial charge in [-0.15, -0.1) is 0 Å². The van der Waals surface area contributed by atoms with Crippen LogP contribution in [0.25, 0.3) is 0 Å². The monoisotopic (exact) mass is 524 g/mol. The van der Waals surface area contributed by atoms with Crippen LogP contribution >= 0.6 is 11.8 Å².